The second-order valence-electron chi connectivity index (χ2n) is 12.3. The van der Waals surface area contributed by atoms with Crippen molar-refractivity contribution in [3.8, 4) is 0 Å². The Bertz CT molecular complexity index is 796. The average Bonchev–Trinajstić information content (AvgIpc) is 3.42. The van der Waals surface area contributed by atoms with Gasteiger partial charge in [-0.15, -0.1) is 0 Å². The lowest BCUT2D eigenvalue weighted by Gasteiger charge is -2.45. The molecule has 5 aliphatic rings. The zero-order chi connectivity index (χ0) is 23.2. The summed E-state index contributed by atoms with van der Waals surface area (Å²) >= 11 is 0. The Morgan fingerprint density at radius 1 is 1.15 bits per heavy atom. The summed E-state index contributed by atoms with van der Waals surface area (Å²) in [6.07, 6.45) is 15.0. The fraction of sp³-hybridized carbons (Fsp3) is 0.793. The lowest BCUT2D eigenvalue weighted by molar-refractivity contribution is -0.0483. The minimum Gasteiger partial charge on any atom is -0.388 e. The van der Waals surface area contributed by atoms with Crippen molar-refractivity contribution >= 4 is 0 Å². The van der Waals surface area contributed by atoms with Crippen molar-refractivity contribution in [3.05, 3.63) is 35.5 Å². The van der Waals surface area contributed by atoms with Crippen molar-refractivity contribution in [1.29, 1.82) is 0 Å². The summed E-state index contributed by atoms with van der Waals surface area (Å²) in [5, 5.41) is 20.4. The molecule has 1 heterocycles. The molecule has 1 aliphatic heterocycles. The third kappa shape index (κ3) is 4.78. The highest BCUT2D eigenvalue weighted by atomic mass is 16.5. The van der Waals surface area contributed by atoms with Crippen molar-refractivity contribution in [2.75, 3.05) is 26.2 Å². The van der Waals surface area contributed by atoms with Crippen LogP contribution in [0.1, 0.15) is 78.1 Å². The molecule has 0 amide bonds. The van der Waals surface area contributed by atoms with Gasteiger partial charge in [-0.1, -0.05) is 43.7 Å². The molecule has 1 unspecified atom stereocenters. The predicted molar refractivity (Wildman–Crippen MR) is 133 cm³/mol. The van der Waals surface area contributed by atoms with Gasteiger partial charge in [0, 0.05) is 13.1 Å². The summed E-state index contributed by atoms with van der Waals surface area (Å²) in [7, 11) is 0. The number of allylic oxidation sites excluding steroid dienone is 3. The summed E-state index contributed by atoms with van der Waals surface area (Å²) in [4.78, 5) is 2.67. The molecule has 4 nitrogen and oxygen atoms in total. The van der Waals surface area contributed by atoms with Crippen molar-refractivity contribution in [2.24, 2.45) is 23.2 Å². The topological polar surface area (TPSA) is 52.9 Å². The van der Waals surface area contributed by atoms with Gasteiger partial charge < -0.3 is 14.9 Å². The van der Waals surface area contributed by atoms with Crippen molar-refractivity contribution in [2.45, 2.75) is 95.9 Å². The van der Waals surface area contributed by atoms with E-state index in [1.807, 2.05) is 0 Å². The Morgan fingerprint density at radius 2 is 1.91 bits per heavy atom. The molecule has 184 valence electrons. The summed E-state index contributed by atoms with van der Waals surface area (Å²) in [6, 6.07) is 0. The zero-order valence-electron chi connectivity index (χ0n) is 20.9. The Hall–Kier alpha value is -0.940. The SMILES string of the molecule is C=C1[C@H](O)CC(=C/C=C2\CCC[C@]3(C)[C@@H](C(C)CCN4CCOC5(CC5)C4)CC[C@@H]23)C[C@@H]1O. The minimum atomic E-state index is -0.604. The molecule has 5 fully saturated rings. The molecule has 0 aromatic carbocycles. The van der Waals surface area contributed by atoms with E-state index in [-0.39, 0.29) is 5.60 Å². The first-order valence-electron chi connectivity index (χ1n) is 13.6. The van der Waals surface area contributed by atoms with Crippen LogP contribution in [0.2, 0.25) is 0 Å². The molecule has 1 saturated heterocycles. The average molecular weight is 456 g/mol. The Balaban J connectivity index is 1.21. The monoisotopic (exact) mass is 455 g/mol. The van der Waals surface area contributed by atoms with E-state index in [9.17, 15) is 10.2 Å². The minimum absolute atomic E-state index is 0.237. The lowest BCUT2D eigenvalue weighted by Crippen LogP contribution is -2.45. The van der Waals surface area contributed by atoms with E-state index in [4.69, 9.17) is 4.74 Å². The Kier molecular flexibility index (Phi) is 6.67. The highest BCUT2D eigenvalue weighted by molar-refractivity contribution is 5.29. The zero-order valence-corrected chi connectivity index (χ0v) is 20.9. The number of morpholine rings is 1. The van der Waals surface area contributed by atoms with Crippen LogP contribution in [-0.4, -0.2) is 59.2 Å². The van der Waals surface area contributed by atoms with E-state index in [1.54, 1.807) is 5.57 Å². The van der Waals surface area contributed by atoms with E-state index in [2.05, 4.69) is 37.5 Å². The fourth-order valence-electron chi connectivity index (χ4n) is 7.78. The smallest absolute Gasteiger partial charge is 0.0811 e. The van der Waals surface area contributed by atoms with E-state index in [0.29, 0.717) is 29.7 Å². The number of fused-ring (bicyclic) bond motifs is 1. The highest BCUT2D eigenvalue weighted by Crippen LogP contribution is 2.59. The summed E-state index contributed by atoms with van der Waals surface area (Å²) in [5.41, 5.74) is 4.00. The summed E-state index contributed by atoms with van der Waals surface area (Å²) in [6.45, 7) is 13.4. The second kappa shape index (κ2) is 9.26. The van der Waals surface area contributed by atoms with E-state index in [0.717, 1.165) is 37.1 Å². The van der Waals surface area contributed by atoms with Gasteiger partial charge in [-0.05, 0) is 99.5 Å². The largest absolute Gasteiger partial charge is 0.388 e. The molecule has 0 radical (unpaired) electrons. The van der Waals surface area contributed by atoms with E-state index in [1.165, 1.54) is 57.9 Å². The van der Waals surface area contributed by atoms with E-state index >= 15 is 0 Å². The van der Waals surface area contributed by atoms with Gasteiger partial charge in [-0.2, -0.15) is 0 Å². The van der Waals surface area contributed by atoms with Crippen molar-refractivity contribution < 1.29 is 14.9 Å². The second-order valence-corrected chi connectivity index (χ2v) is 12.3. The van der Waals surface area contributed by atoms with Gasteiger partial charge in [-0.3, -0.25) is 4.90 Å². The maximum Gasteiger partial charge on any atom is 0.0811 e. The summed E-state index contributed by atoms with van der Waals surface area (Å²) < 4.78 is 6.01. The molecule has 4 saturated carbocycles. The van der Waals surface area contributed by atoms with Crippen molar-refractivity contribution in [3.63, 3.8) is 0 Å². The van der Waals surface area contributed by atoms with Crippen LogP contribution < -0.4 is 0 Å². The fourth-order valence-corrected chi connectivity index (χ4v) is 7.78. The van der Waals surface area contributed by atoms with Crippen molar-refractivity contribution in [1.82, 2.24) is 4.90 Å². The molecule has 0 aromatic heterocycles. The van der Waals surface area contributed by atoms with Crippen LogP contribution >= 0.6 is 0 Å². The van der Waals surface area contributed by atoms with Gasteiger partial charge in [0.25, 0.3) is 0 Å². The molecule has 0 aromatic rings. The van der Waals surface area contributed by atoms with Gasteiger partial charge in [0.2, 0.25) is 0 Å². The molecular weight excluding hydrogens is 410 g/mol. The summed E-state index contributed by atoms with van der Waals surface area (Å²) in [5.74, 6) is 2.28. The van der Waals surface area contributed by atoms with Gasteiger partial charge in [0.1, 0.15) is 0 Å². The van der Waals surface area contributed by atoms with Gasteiger partial charge in [0.05, 0.1) is 24.4 Å². The number of hydrogen-bond acceptors (Lipinski definition) is 4. The number of ether oxygens (including phenoxy) is 1. The van der Waals surface area contributed by atoms with Crippen LogP contribution in [0.3, 0.4) is 0 Å². The van der Waals surface area contributed by atoms with Crippen LogP contribution in [-0.2, 0) is 4.74 Å². The number of rotatable bonds is 5. The lowest BCUT2D eigenvalue weighted by atomic mass is 9.61. The Morgan fingerprint density at radius 3 is 2.64 bits per heavy atom. The van der Waals surface area contributed by atoms with Crippen LogP contribution in [0.15, 0.2) is 35.5 Å². The molecule has 6 atom stereocenters. The molecular formula is C29H45NO3. The highest BCUT2D eigenvalue weighted by Gasteiger charge is 2.51. The normalized spacial score (nSPS) is 42.1. The first-order chi connectivity index (χ1) is 15.8. The van der Waals surface area contributed by atoms with Gasteiger partial charge in [-0.25, -0.2) is 0 Å². The molecule has 0 bridgehead atoms. The van der Waals surface area contributed by atoms with Crippen LogP contribution in [0.5, 0.6) is 0 Å². The predicted octanol–water partition coefficient (Wildman–Crippen LogP) is 5.02. The molecule has 2 N–H and O–H groups in total. The molecule has 4 heteroatoms. The first kappa shape index (κ1) is 23.8. The molecule has 1 spiro atoms. The van der Waals surface area contributed by atoms with E-state index < -0.39 is 12.2 Å². The quantitative estimate of drug-likeness (QED) is 0.572. The van der Waals surface area contributed by atoms with Crippen LogP contribution in [0.25, 0.3) is 0 Å². The van der Waals surface area contributed by atoms with Gasteiger partial charge in [0.15, 0.2) is 0 Å². The van der Waals surface area contributed by atoms with Crippen LogP contribution in [0, 0.1) is 23.2 Å². The number of aliphatic hydroxyl groups is 2. The maximum absolute atomic E-state index is 10.2. The molecule has 5 rings (SSSR count). The maximum atomic E-state index is 10.2. The number of nitrogens with zero attached hydrogens (tertiary/aromatic N) is 1. The molecule has 33 heavy (non-hydrogen) atoms. The van der Waals surface area contributed by atoms with Gasteiger partial charge >= 0.3 is 0 Å². The number of aliphatic hydroxyl groups excluding tert-OH is 2. The number of hydrogen-bond donors (Lipinski definition) is 2. The van der Waals surface area contributed by atoms with Crippen LogP contribution in [0.4, 0.5) is 0 Å². The molecule has 4 aliphatic carbocycles. The standard InChI is InChI=1S/C29H45NO3/c1-20(10-14-30-15-16-33-29(19-30)12-13-29)24-8-9-25-23(5-4-11-28(24,25)3)7-6-22-17-26(31)21(2)27(32)18-22/h6-7,20,24-27,31-32H,2,4-5,8-19H2,1,3H3/b22-6?,23-7+/t20?,24-,25+,26-,27+,28-/m1/s1. The third-order valence-electron chi connectivity index (χ3n) is 10.1. The third-order valence-corrected chi connectivity index (χ3v) is 10.1. The first-order valence-corrected chi connectivity index (χ1v) is 13.6. The Labute approximate surface area is 200 Å².